The van der Waals surface area contributed by atoms with E-state index < -0.39 is 18.2 Å². The van der Waals surface area contributed by atoms with E-state index in [0.29, 0.717) is 0 Å². The Hall–Kier alpha value is -1.39. The second-order valence-corrected chi connectivity index (χ2v) is 3.57. The van der Waals surface area contributed by atoms with Crippen molar-refractivity contribution < 1.29 is 19.7 Å². The molecule has 0 spiro atoms. The molecule has 4 nitrogen and oxygen atoms in total. The van der Waals surface area contributed by atoms with Crippen molar-refractivity contribution in [2.24, 2.45) is 0 Å². The van der Waals surface area contributed by atoms with Gasteiger partial charge in [0.05, 0.1) is 13.2 Å². The third-order valence-electron chi connectivity index (χ3n) is 2.26. The molecular formula is C12H16O4. The highest BCUT2D eigenvalue weighted by atomic mass is 16.6. The van der Waals surface area contributed by atoms with Gasteiger partial charge in [-0.1, -0.05) is 30.3 Å². The summed E-state index contributed by atoms with van der Waals surface area (Å²) in [5, 5.41) is 19.0. The van der Waals surface area contributed by atoms with Gasteiger partial charge in [-0.3, -0.25) is 0 Å². The molecule has 0 aliphatic carbocycles. The number of ether oxygens (including phenoxy) is 1. The molecule has 1 aromatic rings. The number of hydrogen-bond donors (Lipinski definition) is 2. The summed E-state index contributed by atoms with van der Waals surface area (Å²) in [6, 6.07) is 9.00. The summed E-state index contributed by atoms with van der Waals surface area (Å²) in [5.41, 5.74) is -1.08. The van der Waals surface area contributed by atoms with Crippen molar-refractivity contribution in [1.29, 1.82) is 0 Å². The van der Waals surface area contributed by atoms with E-state index >= 15 is 0 Å². The Labute approximate surface area is 94.5 Å². The minimum absolute atomic E-state index is 0.0448. The lowest BCUT2D eigenvalue weighted by Crippen LogP contribution is -2.45. The van der Waals surface area contributed by atoms with Gasteiger partial charge in [-0.15, -0.1) is 0 Å². The quantitative estimate of drug-likeness (QED) is 0.715. The predicted molar refractivity (Wildman–Crippen MR) is 58.8 cm³/mol. The summed E-state index contributed by atoms with van der Waals surface area (Å²) in [7, 11) is 0. The fourth-order valence-corrected chi connectivity index (χ4v) is 1.39. The summed E-state index contributed by atoms with van der Waals surface area (Å²) in [6.45, 7) is 1.18. The highest BCUT2D eigenvalue weighted by Crippen LogP contribution is 2.15. The van der Waals surface area contributed by atoms with Crippen LogP contribution in [0.5, 0.6) is 0 Å². The summed E-state index contributed by atoms with van der Waals surface area (Å²) in [6.07, 6.45) is 0.0448. The fourth-order valence-electron chi connectivity index (χ4n) is 1.39. The van der Waals surface area contributed by atoms with Gasteiger partial charge in [-0.25, -0.2) is 4.79 Å². The van der Waals surface area contributed by atoms with Crippen LogP contribution in [0.2, 0.25) is 0 Å². The molecule has 2 N–H and O–H groups in total. The smallest absolute Gasteiger partial charge is 0.340 e. The average Bonchev–Trinajstić information content (AvgIpc) is 2.30. The zero-order valence-corrected chi connectivity index (χ0v) is 9.22. The number of hydrogen-bond acceptors (Lipinski definition) is 4. The Morgan fingerprint density at radius 2 is 2.00 bits per heavy atom. The Morgan fingerprint density at radius 3 is 2.50 bits per heavy atom. The zero-order chi connectivity index (χ0) is 12.0. The van der Waals surface area contributed by atoms with Gasteiger partial charge in [0.25, 0.3) is 0 Å². The molecule has 1 aromatic carbocycles. The van der Waals surface area contributed by atoms with Gasteiger partial charge in [0.15, 0.2) is 5.60 Å². The maximum absolute atomic E-state index is 11.5. The monoisotopic (exact) mass is 224 g/mol. The minimum atomic E-state index is -1.85. The second-order valence-electron chi connectivity index (χ2n) is 3.57. The molecule has 0 fully saturated rings. The minimum Gasteiger partial charge on any atom is -0.464 e. The van der Waals surface area contributed by atoms with Crippen molar-refractivity contribution in [2.75, 3.05) is 13.2 Å². The molecule has 16 heavy (non-hydrogen) atoms. The first-order chi connectivity index (χ1) is 7.62. The van der Waals surface area contributed by atoms with Gasteiger partial charge in [-0.2, -0.15) is 0 Å². The Bertz CT molecular complexity index is 336. The summed E-state index contributed by atoms with van der Waals surface area (Å²) < 4.78 is 4.72. The topological polar surface area (TPSA) is 66.8 Å². The number of carbonyl (C=O) groups is 1. The van der Waals surface area contributed by atoms with Crippen LogP contribution < -0.4 is 0 Å². The molecule has 0 aliphatic heterocycles. The van der Waals surface area contributed by atoms with E-state index in [9.17, 15) is 9.90 Å². The molecule has 88 valence electrons. The predicted octanol–water partition coefficient (Wildman–Crippen LogP) is 0.516. The lowest BCUT2D eigenvalue weighted by molar-refractivity contribution is -0.169. The van der Waals surface area contributed by atoms with E-state index in [1.54, 1.807) is 31.2 Å². The molecule has 0 saturated carbocycles. The van der Waals surface area contributed by atoms with Crippen LogP contribution in [0.15, 0.2) is 30.3 Å². The molecule has 0 radical (unpaired) electrons. The molecular weight excluding hydrogens is 208 g/mol. The summed E-state index contributed by atoms with van der Waals surface area (Å²) >= 11 is 0. The van der Waals surface area contributed by atoms with Crippen molar-refractivity contribution in [3.8, 4) is 0 Å². The van der Waals surface area contributed by atoms with Crippen molar-refractivity contribution in [3.05, 3.63) is 35.9 Å². The highest BCUT2D eigenvalue weighted by Gasteiger charge is 2.37. The largest absolute Gasteiger partial charge is 0.464 e. The van der Waals surface area contributed by atoms with Crippen LogP contribution in [0.1, 0.15) is 12.5 Å². The molecule has 0 heterocycles. The van der Waals surface area contributed by atoms with Gasteiger partial charge >= 0.3 is 5.97 Å². The van der Waals surface area contributed by atoms with Gasteiger partial charge in [-0.05, 0) is 12.5 Å². The second kappa shape index (κ2) is 5.63. The van der Waals surface area contributed by atoms with Gasteiger partial charge < -0.3 is 14.9 Å². The van der Waals surface area contributed by atoms with Crippen molar-refractivity contribution in [1.82, 2.24) is 0 Å². The van der Waals surface area contributed by atoms with E-state index in [2.05, 4.69) is 0 Å². The Morgan fingerprint density at radius 1 is 1.38 bits per heavy atom. The van der Waals surface area contributed by atoms with Gasteiger partial charge in [0.1, 0.15) is 0 Å². The lowest BCUT2D eigenvalue weighted by atomic mass is 9.95. The number of aliphatic hydroxyl groups excluding tert-OH is 1. The first-order valence-corrected chi connectivity index (χ1v) is 5.17. The van der Waals surface area contributed by atoms with E-state index in [0.717, 1.165) is 5.56 Å². The van der Waals surface area contributed by atoms with E-state index in [1.807, 2.05) is 6.07 Å². The average molecular weight is 224 g/mol. The number of rotatable bonds is 5. The van der Waals surface area contributed by atoms with Crippen molar-refractivity contribution in [2.45, 2.75) is 18.9 Å². The SMILES string of the molecule is CCOC(=O)[C@@](O)(CO)Cc1ccccc1. The summed E-state index contributed by atoms with van der Waals surface area (Å²) in [4.78, 5) is 11.5. The van der Waals surface area contributed by atoms with Crippen LogP contribution in [-0.4, -0.2) is 35.0 Å². The standard InChI is InChI=1S/C12H16O4/c1-2-16-11(14)12(15,9-13)8-10-6-4-3-5-7-10/h3-7,13,15H,2,8-9H2,1H3/t12-/m0/s1. The zero-order valence-electron chi connectivity index (χ0n) is 9.22. The molecule has 0 saturated heterocycles. The first kappa shape index (κ1) is 12.7. The van der Waals surface area contributed by atoms with Gasteiger partial charge in [0, 0.05) is 6.42 Å². The van der Waals surface area contributed by atoms with Crippen molar-refractivity contribution >= 4 is 5.97 Å². The maximum atomic E-state index is 11.5. The molecule has 1 rings (SSSR count). The number of aliphatic hydroxyl groups is 2. The van der Waals surface area contributed by atoms with Crippen LogP contribution in [0.3, 0.4) is 0 Å². The van der Waals surface area contributed by atoms with Crippen LogP contribution in [0.25, 0.3) is 0 Å². The van der Waals surface area contributed by atoms with Crippen LogP contribution in [0, 0.1) is 0 Å². The van der Waals surface area contributed by atoms with Crippen LogP contribution in [0.4, 0.5) is 0 Å². The third-order valence-corrected chi connectivity index (χ3v) is 2.26. The molecule has 4 heteroatoms. The molecule has 0 bridgehead atoms. The molecule has 0 aliphatic rings. The van der Waals surface area contributed by atoms with E-state index in [1.165, 1.54) is 0 Å². The maximum Gasteiger partial charge on any atom is 0.340 e. The first-order valence-electron chi connectivity index (χ1n) is 5.17. The molecule has 1 atom stereocenters. The molecule has 0 unspecified atom stereocenters. The third kappa shape index (κ3) is 3.05. The number of carbonyl (C=O) groups excluding carboxylic acids is 1. The Kier molecular flexibility index (Phi) is 4.46. The number of benzene rings is 1. The molecule has 0 amide bonds. The molecule has 0 aromatic heterocycles. The fraction of sp³-hybridized carbons (Fsp3) is 0.417. The van der Waals surface area contributed by atoms with Crippen LogP contribution in [-0.2, 0) is 16.0 Å². The van der Waals surface area contributed by atoms with Crippen LogP contribution >= 0.6 is 0 Å². The number of esters is 1. The normalized spacial score (nSPS) is 14.2. The summed E-state index contributed by atoms with van der Waals surface area (Å²) in [5.74, 6) is -0.790. The van der Waals surface area contributed by atoms with E-state index in [4.69, 9.17) is 9.84 Å². The van der Waals surface area contributed by atoms with Crippen molar-refractivity contribution in [3.63, 3.8) is 0 Å². The highest BCUT2D eigenvalue weighted by molar-refractivity contribution is 5.79. The Balaban J connectivity index is 2.78. The van der Waals surface area contributed by atoms with Gasteiger partial charge in [0.2, 0.25) is 0 Å². The lowest BCUT2D eigenvalue weighted by Gasteiger charge is -2.23. The van der Waals surface area contributed by atoms with E-state index in [-0.39, 0.29) is 13.0 Å².